The number of aromatic amines is 1. The van der Waals surface area contributed by atoms with Crippen LogP contribution >= 0.6 is 11.6 Å². The van der Waals surface area contributed by atoms with E-state index < -0.39 is 0 Å². The van der Waals surface area contributed by atoms with E-state index in [0.29, 0.717) is 28.5 Å². The van der Waals surface area contributed by atoms with Crippen molar-refractivity contribution in [3.8, 4) is 0 Å². The summed E-state index contributed by atoms with van der Waals surface area (Å²) >= 11 is 6.23. The number of nitrogen functional groups attached to an aromatic ring is 1. The molecule has 4 rings (SSSR count). The fourth-order valence-electron chi connectivity index (χ4n) is 2.30. The predicted molar refractivity (Wildman–Crippen MR) is 77.7 cm³/mol. The first-order valence-electron chi connectivity index (χ1n) is 6.16. The Hall–Kier alpha value is -2.74. The summed E-state index contributed by atoms with van der Waals surface area (Å²) in [5.74, 6) is 0.377. The molecule has 0 atom stereocenters. The third-order valence-electron chi connectivity index (χ3n) is 3.19. The molecule has 0 saturated carbocycles. The van der Waals surface area contributed by atoms with Gasteiger partial charge in [0.05, 0.1) is 11.6 Å². The van der Waals surface area contributed by atoms with Crippen molar-refractivity contribution in [1.82, 2.24) is 35.4 Å². The van der Waals surface area contributed by atoms with Gasteiger partial charge in [-0.1, -0.05) is 22.9 Å². The number of para-hydroxylation sites is 1. The number of nitrogens with one attached hydrogen (secondary N) is 1. The molecule has 3 heterocycles. The minimum Gasteiger partial charge on any atom is -0.384 e. The maximum atomic E-state index is 6.23. The highest BCUT2D eigenvalue weighted by atomic mass is 35.5. The van der Waals surface area contributed by atoms with Crippen LogP contribution < -0.4 is 5.73 Å². The standard InChI is InChI=1S/C12H9ClN8/c13-7-2-1-3-8-11(7)21(20-16-8)5-6-4-9(14)15-12-10(6)17-19-18-12/h1-4H,5H2,(H3,14,15,17,18,19). The average molecular weight is 301 g/mol. The Kier molecular flexibility index (Phi) is 2.51. The number of hydrogen-bond donors (Lipinski definition) is 2. The molecule has 0 unspecified atom stereocenters. The number of aromatic nitrogens is 7. The van der Waals surface area contributed by atoms with Crippen molar-refractivity contribution in [3.63, 3.8) is 0 Å². The van der Waals surface area contributed by atoms with Crippen LogP contribution in [0.15, 0.2) is 24.3 Å². The maximum Gasteiger partial charge on any atom is 0.203 e. The van der Waals surface area contributed by atoms with Crippen LogP contribution in [0.2, 0.25) is 5.02 Å². The van der Waals surface area contributed by atoms with E-state index in [-0.39, 0.29) is 0 Å². The minimum atomic E-state index is 0.377. The largest absolute Gasteiger partial charge is 0.384 e. The van der Waals surface area contributed by atoms with E-state index in [2.05, 4.69) is 30.7 Å². The molecule has 8 nitrogen and oxygen atoms in total. The van der Waals surface area contributed by atoms with Crippen molar-refractivity contribution in [2.45, 2.75) is 6.54 Å². The molecule has 9 heteroatoms. The van der Waals surface area contributed by atoms with Crippen LogP contribution in [0.3, 0.4) is 0 Å². The normalized spacial score (nSPS) is 11.5. The number of pyridine rings is 1. The lowest BCUT2D eigenvalue weighted by Crippen LogP contribution is -2.04. The molecule has 0 aliphatic heterocycles. The summed E-state index contributed by atoms with van der Waals surface area (Å²) in [6.45, 7) is 0.427. The number of H-pyrrole nitrogens is 1. The topological polar surface area (TPSA) is 111 Å². The molecule has 0 fully saturated rings. The highest BCUT2D eigenvalue weighted by molar-refractivity contribution is 6.34. The van der Waals surface area contributed by atoms with E-state index in [1.165, 1.54) is 0 Å². The monoisotopic (exact) mass is 300 g/mol. The SMILES string of the molecule is Nc1cc(Cn2nnc3cccc(Cl)c32)c2n[nH]nc2n1. The molecule has 3 aromatic heterocycles. The zero-order valence-electron chi connectivity index (χ0n) is 10.7. The van der Waals surface area contributed by atoms with Gasteiger partial charge < -0.3 is 5.73 Å². The Morgan fingerprint density at radius 1 is 1.29 bits per heavy atom. The van der Waals surface area contributed by atoms with Gasteiger partial charge in [-0.25, -0.2) is 9.67 Å². The van der Waals surface area contributed by atoms with Crippen molar-refractivity contribution < 1.29 is 0 Å². The van der Waals surface area contributed by atoms with Gasteiger partial charge in [-0.15, -0.1) is 10.2 Å². The number of rotatable bonds is 2. The van der Waals surface area contributed by atoms with E-state index in [1.807, 2.05) is 12.1 Å². The van der Waals surface area contributed by atoms with Crippen molar-refractivity contribution in [2.75, 3.05) is 5.73 Å². The summed E-state index contributed by atoms with van der Waals surface area (Å²) in [6.07, 6.45) is 0. The number of anilines is 1. The maximum absolute atomic E-state index is 6.23. The zero-order chi connectivity index (χ0) is 14.4. The van der Waals surface area contributed by atoms with E-state index >= 15 is 0 Å². The molecular weight excluding hydrogens is 292 g/mol. The molecule has 21 heavy (non-hydrogen) atoms. The Balaban J connectivity index is 1.89. The van der Waals surface area contributed by atoms with Gasteiger partial charge in [-0.3, -0.25) is 0 Å². The quantitative estimate of drug-likeness (QED) is 0.578. The van der Waals surface area contributed by atoms with E-state index in [4.69, 9.17) is 17.3 Å². The molecule has 0 amide bonds. The van der Waals surface area contributed by atoms with Gasteiger partial charge >= 0.3 is 0 Å². The third kappa shape index (κ3) is 1.88. The Bertz CT molecular complexity index is 956. The van der Waals surface area contributed by atoms with Crippen molar-refractivity contribution >= 4 is 39.6 Å². The first kappa shape index (κ1) is 12.0. The third-order valence-corrected chi connectivity index (χ3v) is 3.50. The summed E-state index contributed by atoms with van der Waals surface area (Å²) < 4.78 is 1.71. The molecule has 0 aliphatic carbocycles. The average Bonchev–Trinajstić information content (AvgIpc) is 3.06. The Labute approximate surface area is 122 Å². The van der Waals surface area contributed by atoms with Crippen molar-refractivity contribution in [1.29, 1.82) is 0 Å². The molecule has 3 N–H and O–H groups in total. The van der Waals surface area contributed by atoms with Crippen LogP contribution in [-0.4, -0.2) is 35.4 Å². The van der Waals surface area contributed by atoms with Gasteiger partial charge in [-0.05, 0) is 18.2 Å². The van der Waals surface area contributed by atoms with Crippen molar-refractivity contribution in [3.05, 3.63) is 34.9 Å². The summed E-state index contributed by atoms with van der Waals surface area (Å²) in [5, 5.41) is 19.4. The van der Waals surface area contributed by atoms with Crippen LogP contribution in [0.4, 0.5) is 5.82 Å². The van der Waals surface area contributed by atoms with Gasteiger partial charge in [0.25, 0.3) is 0 Å². The molecule has 0 spiro atoms. The van der Waals surface area contributed by atoms with Crippen LogP contribution in [0.1, 0.15) is 5.56 Å². The van der Waals surface area contributed by atoms with Crippen LogP contribution in [-0.2, 0) is 6.54 Å². The van der Waals surface area contributed by atoms with Gasteiger partial charge in [0.2, 0.25) is 5.65 Å². The zero-order valence-corrected chi connectivity index (χ0v) is 11.4. The second kappa shape index (κ2) is 4.38. The lowest BCUT2D eigenvalue weighted by Gasteiger charge is -2.05. The molecule has 104 valence electrons. The number of halogens is 1. The van der Waals surface area contributed by atoms with E-state index in [1.54, 1.807) is 16.8 Å². The minimum absolute atomic E-state index is 0.377. The van der Waals surface area contributed by atoms with Gasteiger partial charge in [-0.2, -0.15) is 10.3 Å². The number of benzene rings is 1. The lowest BCUT2D eigenvalue weighted by atomic mass is 10.2. The second-order valence-corrected chi connectivity index (χ2v) is 4.96. The highest BCUT2D eigenvalue weighted by Crippen LogP contribution is 2.23. The Morgan fingerprint density at radius 2 is 2.19 bits per heavy atom. The number of nitrogens with two attached hydrogens (primary N) is 1. The molecule has 0 saturated heterocycles. The number of nitrogens with zero attached hydrogens (tertiary/aromatic N) is 6. The fraction of sp³-hybridized carbons (Fsp3) is 0.0833. The number of hydrogen-bond acceptors (Lipinski definition) is 6. The molecule has 1 aromatic carbocycles. The predicted octanol–water partition coefficient (Wildman–Crippen LogP) is 1.38. The lowest BCUT2D eigenvalue weighted by molar-refractivity contribution is 0.671. The molecule has 0 aliphatic rings. The first-order valence-corrected chi connectivity index (χ1v) is 6.54. The number of fused-ring (bicyclic) bond motifs is 2. The van der Waals surface area contributed by atoms with Crippen LogP contribution in [0.25, 0.3) is 22.2 Å². The van der Waals surface area contributed by atoms with Crippen molar-refractivity contribution in [2.24, 2.45) is 0 Å². The van der Waals surface area contributed by atoms with Gasteiger partial charge in [0.15, 0.2) is 0 Å². The van der Waals surface area contributed by atoms with Gasteiger partial charge in [0.1, 0.15) is 22.4 Å². The van der Waals surface area contributed by atoms with E-state index in [9.17, 15) is 0 Å². The summed E-state index contributed by atoms with van der Waals surface area (Å²) in [6, 6.07) is 7.24. The highest BCUT2D eigenvalue weighted by Gasteiger charge is 2.13. The molecule has 0 bridgehead atoms. The summed E-state index contributed by atoms with van der Waals surface area (Å²) in [7, 11) is 0. The van der Waals surface area contributed by atoms with Crippen LogP contribution in [0, 0.1) is 0 Å². The summed E-state index contributed by atoms with van der Waals surface area (Å²) in [4.78, 5) is 4.11. The Morgan fingerprint density at radius 3 is 3.10 bits per heavy atom. The molecule has 0 radical (unpaired) electrons. The summed E-state index contributed by atoms with van der Waals surface area (Å²) in [5.41, 5.74) is 9.27. The second-order valence-electron chi connectivity index (χ2n) is 4.56. The van der Waals surface area contributed by atoms with E-state index in [0.717, 1.165) is 16.6 Å². The first-order chi connectivity index (χ1) is 10.2. The fourth-order valence-corrected chi connectivity index (χ4v) is 2.57. The smallest absolute Gasteiger partial charge is 0.203 e. The molecule has 4 aromatic rings. The van der Waals surface area contributed by atoms with Crippen LogP contribution in [0.5, 0.6) is 0 Å². The molecular formula is C12H9ClN8. The van der Waals surface area contributed by atoms with Gasteiger partial charge in [0, 0.05) is 5.56 Å².